The molecule has 7 nitrogen and oxygen atoms in total. The predicted octanol–water partition coefficient (Wildman–Crippen LogP) is 1.47. The van der Waals surface area contributed by atoms with Crippen LogP contribution in [0.2, 0.25) is 0 Å². The van der Waals surface area contributed by atoms with Crippen LogP contribution in [0.15, 0.2) is 30.3 Å². The Bertz CT molecular complexity index is 686. The van der Waals surface area contributed by atoms with Crippen LogP contribution in [-0.2, 0) is 6.54 Å². The van der Waals surface area contributed by atoms with Gasteiger partial charge in [0.05, 0.1) is 25.1 Å². The molecule has 0 spiro atoms. The molecule has 1 aromatic carbocycles. The van der Waals surface area contributed by atoms with Crippen LogP contribution in [0, 0.1) is 17.2 Å². The first-order valence-corrected chi connectivity index (χ1v) is 7.28. The number of nitrogens with one attached hydrogen (secondary N) is 1. The molecule has 0 saturated heterocycles. The molecule has 2 aromatic rings. The fourth-order valence-electron chi connectivity index (χ4n) is 2.26. The molecule has 1 aliphatic carbocycles. The maximum Gasteiger partial charge on any atom is 0.251 e. The van der Waals surface area contributed by atoms with Crippen LogP contribution in [0.4, 0.5) is 0 Å². The zero-order valence-corrected chi connectivity index (χ0v) is 12.0. The van der Waals surface area contributed by atoms with Crippen molar-refractivity contribution in [2.24, 2.45) is 5.92 Å². The van der Waals surface area contributed by atoms with Gasteiger partial charge in [0.2, 0.25) is 0 Å². The van der Waals surface area contributed by atoms with E-state index in [-0.39, 0.29) is 11.9 Å². The van der Waals surface area contributed by atoms with E-state index in [0.717, 1.165) is 12.8 Å². The van der Waals surface area contributed by atoms with Crippen LogP contribution in [0.3, 0.4) is 0 Å². The lowest BCUT2D eigenvalue weighted by Crippen LogP contribution is -2.30. The lowest BCUT2D eigenvalue weighted by Gasteiger charge is -2.14. The van der Waals surface area contributed by atoms with Gasteiger partial charge in [-0.2, -0.15) is 10.1 Å². The van der Waals surface area contributed by atoms with Gasteiger partial charge in [-0.25, -0.2) is 0 Å². The van der Waals surface area contributed by atoms with Crippen molar-refractivity contribution in [2.45, 2.75) is 31.8 Å². The Labute approximate surface area is 127 Å². The first-order chi connectivity index (χ1) is 10.8. The normalized spacial score (nSPS) is 15.0. The third-order valence-electron chi connectivity index (χ3n) is 3.59. The minimum absolute atomic E-state index is 0.133. The molecule has 0 bridgehead atoms. The number of hydrogen-bond acceptors (Lipinski definition) is 5. The summed E-state index contributed by atoms with van der Waals surface area (Å²) in [5, 5.41) is 23.8. The molecule has 22 heavy (non-hydrogen) atoms. The maximum atomic E-state index is 12.3. The van der Waals surface area contributed by atoms with Gasteiger partial charge in [-0.3, -0.25) is 4.79 Å². The van der Waals surface area contributed by atoms with Gasteiger partial charge in [-0.05, 0) is 36.1 Å². The average molecular weight is 296 g/mol. The van der Waals surface area contributed by atoms with E-state index in [4.69, 9.17) is 5.26 Å². The lowest BCUT2D eigenvalue weighted by atomic mass is 10.1. The summed E-state index contributed by atoms with van der Waals surface area (Å²) in [5.74, 6) is 0.747. The Kier molecular flexibility index (Phi) is 4.10. The standard InChI is InChI=1S/C15H16N6O/c16-9-4-10-21-19-14(18-20-21)13(11-7-8-11)17-15(22)12-5-2-1-3-6-12/h1-3,5-6,11,13H,4,7-8,10H2,(H,17,22)/t13-/m1/s1. The Morgan fingerprint density at radius 1 is 1.41 bits per heavy atom. The van der Waals surface area contributed by atoms with Gasteiger partial charge in [-0.1, -0.05) is 18.2 Å². The van der Waals surface area contributed by atoms with E-state index in [1.165, 1.54) is 4.80 Å². The summed E-state index contributed by atoms with van der Waals surface area (Å²) in [6, 6.07) is 10.9. The minimum atomic E-state index is -0.219. The molecule has 1 atom stereocenters. The highest BCUT2D eigenvalue weighted by atomic mass is 16.1. The number of benzene rings is 1. The zero-order valence-electron chi connectivity index (χ0n) is 12.0. The molecule has 1 saturated carbocycles. The van der Waals surface area contributed by atoms with E-state index in [1.807, 2.05) is 24.3 Å². The highest BCUT2D eigenvalue weighted by molar-refractivity contribution is 5.94. The number of nitriles is 1. The second kappa shape index (κ2) is 6.35. The van der Waals surface area contributed by atoms with Gasteiger partial charge in [0.1, 0.15) is 0 Å². The zero-order chi connectivity index (χ0) is 15.4. The highest BCUT2D eigenvalue weighted by Gasteiger charge is 2.36. The quantitative estimate of drug-likeness (QED) is 0.870. The molecule has 1 N–H and O–H groups in total. The van der Waals surface area contributed by atoms with Crippen LogP contribution < -0.4 is 5.32 Å². The maximum absolute atomic E-state index is 12.3. The topological polar surface area (TPSA) is 96.5 Å². The van der Waals surface area contributed by atoms with Gasteiger partial charge >= 0.3 is 0 Å². The van der Waals surface area contributed by atoms with E-state index in [0.29, 0.717) is 30.3 Å². The molecule has 0 unspecified atom stereocenters. The molecule has 0 aliphatic heterocycles. The first kappa shape index (κ1) is 14.2. The molecule has 1 heterocycles. The fourth-order valence-corrected chi connectivity index (χ4v) is 2.26. The van der Waals surface area contributed by atoms with Crippen LogP contribution in [0.25, 0.3) is 0 Å². The number of nitrogens with zero attached hydrogens (tertiary/aromatic N) is 5. The Balaban J connectivity index is 1.72. The number of carbonyl (C=O) groups is 1. The third-order valence-corrected chi connectivity index (χ3v) is 3.59. The van der Waals surface area contributed by atoms with Crippen molar-refractivity contribution < 1.29 is 4.79 Å². The van der Waals surface area contributed by atoms with E-state index < -0.39 is 0 Å². The second-order valence-corrected chi connectivity index (χ2v) is 5.31. The monoisotopic (exact) mass is 296 g/mol. The minimum Gasteiger partial charge on any atom is -0.342 e. The van der Waals surface area contributed by atoms with Crippen molar-refractivity contribution in [3.63, 3.8) is 0 Å². The number of amides is 1. The van der Waals surface area contributed by atoms with Crippen LogP contribution in [0.1, 0.15) is 41.5 Å². The molecule has 1 amide bonds. The van der Waals surface area contributed by atoms with Crippen molar-refractivity contribution in [1.82, 2.24) is 25.5 Å². The summed E-state index contributed by atoms with van der Waals surface area (Å²) >= 11 is 0. The molecule has 7 heteroatoms. The summed E-state index contributed by atoms with van der Waals surface area (Å²) in [7, 11) is 0. The summed E-state index contributed by atoms with van der Waals surface area (Å²) < 4.78 is 0. The molecular weight excluding hydrogens is 280 g/mol. The van der Waals surface area contributed by atoms with E-state index in [2.05, 4.69) is 20.7 Å². The van der Waals surface area contributed by atoms with Crippen LogP contribution in [-0.4, -0.2) is 26.1 Å². The van der Waals surface area contributed by atoms with Crippen molar-refractivity contribution in [3.8, 4) is 6.07 Å². The first-order valence-electron chi connectivity index (χ1n) is 7.28. The number of tetrazole rings is 1. The smallest absolute Gasteiger partial charge is 0.251 e. The van der Waals surface area contributed by atoms with Crippen molar-refractivity contribution in [1.29, 1.82) is 5.26 Å². The van der Waals surface area contributed by atoms with E-state index in [1.54, 1.807) is 12.1 Å². The van der Waals surface area contributed by atoms with Gasteiger partial charge in [0.15, 0.2) is 5.82 Å². The van der Waals surface area contributed by atoms with E-state index >= 15 is 0 Å². The number of rotatable bonds is 6. The van der Waals surface area contributed by atoms with Gasteiger partial charge < -0.3 is 5.32 Å². The molecule has 3 rings (SSSR count). The average Bonchev–Trinajstić information content (AvgIpc) is 3.29. The molecular formula is C15H16N6O. The van der Waals surface area contributed by atoms with Gasteiger partial charge in [-0.15, -0.1) is 10.2 Å². The third kappa shape index (κ3) is 3.28. The van der Waals surface area contributed by atoms with Gasteiger partial charge in [0, 0.05) is 5.56 Å². The second-order valence-electron chi connectivity index (χ2n) is 5.31. The molecule has 1 aromatic heterocycles. The number of aryl methyl sites for hydroxylation is 1. The SMILES string of the molecule is N#CCCn1nnc([C@H](NC(=O)c2ccccc2)C2CC2)n1. The summed E-state index contributed by atoms with van der Waals surface area (Å²) in [5.41, 5.74) is 0.616. The molecule has 112 valence electrons. The highest BCUT2D eigenvalue weighted by Crippen LogP contribution is 2.39. The summed E-state index contributed by atoms with van der Waals surface area (Å²) in [4.78, 5) is 13.7. The Morgan fingerprint density at radius 3 is 2.86 bits per heavy atom. The van der Waals surface area contributed by atoms with Crippen LogP contribution >= 0.6 is 0 Å². The number of carbonyl (C=O) groups excluding carboxylic acids is 1. The lowest BCUT2D eigenvalue weighted by molar-refractivity contribution is 0.0929. The Hall–Kier alpha value is -2.75. The van der Waals surface area contributed by atoms with Crippen molar-refractivity contribution >= 4 is 5.91 Å². The number of aromatic nitrogens is 4. The number of hydrogen-bond donors (Lipinski definition) is 1. The van der Waals surface area contributed by atoms with E-state index in [9.17, 15) is 4.79 Å². The van der Waals surface area contributed by atoms with Crippen molar-refractivity contribution in [2.75, 3.05) is 0 Å². The molecule has 0 radical (unpaired) electrons. The van der Waals surface area contributed by atoms with Gasteiger partial charge in [0.25, 0.3) is 5.91 Å². The van der Waals surface area contributed by atoms with Crippen LogP contribution in [0.5, 0.6) is 0 Å². The summed E-state index contributed by atoms with van der Waals surface area (Å²) in [6.07, 6.45) is 2.43. The largest absolute Gasteiger partial charge is 0.342 e. The Morgan fingerprint density at radius 2 is 2.18 bits per heavy atom. The molecule has 1 fully saturated rings. The fraction of sp³-hybridized carbons (Fsp3) is 0.400. The van der Waals surface area contributed by atoms with Crippen molar-refractivity contribution in [3.05, 3.63) is 41.7 Å². The predicted molar refractivity (Wildman–Crippen MR) is 77.4 cm³/mol. The molecule has 1 aliphatic rings. The summed E-state index contributed by atoms with van der Waals surface area (Å²) in [6.45, 7) is 0.410.